The molecule has 0 radical (unpaired) electrons. The lowest BCUT2D eigenvalue weighted by Gasteiger charge is -2.18. The highest BCUT2D eigenvalue weighted by Crippen LogP contribution is 2.19. The van der Waals surface area contributed by atoms with Crippen LogP contribution in [0.4, 0.5) is 13.2 Å². The van der Waals surface area contributed by atoms with Crippen molar-refractivity contribution < 1.29 is 32.2 Å². The smallest absolute Gasteiger partial charge is 0.384 e. The number of hydrogen-bond donors (Lipinski definition) is 0. The van der Waals surface area contributed by atoms with Gasteiger partial charge >= 0.3 is 12.3 Å². The zero-order valence-electron chi connectivity index (χ0n) is 7.17. The third kappa shape index (κ3) is 2.85. The molecule has 2 fully saturated rings. The maximum atomic E-state index is 11.9. The number of rotatable bonds is 2. The Kier molecular flexibility index (Phi) is 3.70. The van der Waals surface area contributed by atoms with Crippen LogP contribution in [0.1, 0.15) is 0 Å². The lowest BCUT2D eigenvalue weighted by atomic mass is 10.3. The Balaban J connectivity index is 0.000000165. The van der Waals surface area contributed by atoms with Crippen LogP contribution in [0.2, 0.25) is 0 Å². The Morgan fingerprint density at radius 1 is 1.29 bits per heavy atom. The fourth-order valence-corrected chi connectivity index (χ4v) is 0.755. The molecule has 0 saturated carbocycles. The Bertz CT molecular complexity index is 199. The molecule has 0 aromatic heterocycles. The van der Waals surface area contributed by atoms with Crippen LogP contribution < -0.4 is 0 Å². The Labute approximate surface area is 77.9 Å². The van der Waals surface area contributed by atoms with Gasteiger partial charge in [0.25, 0.3) is 0 Å². The minimum absolute atomic E-state index is 0.286. The summed E-state index contributed by atoms with van der Waals surface area (Å²) in [5, 5.41) is 0. The minimum atomic E-state index is -1.59. The highest BCUT2D eigenvalue weighted by molar-refractivity contribution is 5.85. The molecule has 14 heavy (non-hydrogen) atoms. The van der Waals surface area contributed by atoms with Crippen molar-refractivity contribution >= 4 is 5.97 Å². The molecule has 4 nitrogen and oxygen atoms in total. The standard InChI is InChI=1S/C5H8F2O2.C2HFO2/c6-3-5(4-7)8-1-2-9-5;3-1-2(4)5-1/h1-4H2;1H. The van der Waals surface area contributed by atoms with E-state index in [4.69, 9.17) is 0 Å². The van der Waals surface area contributed by atoms with Crippen LogP contribution in [-0.4, -0.2) is 44.7 Å². The second-order valence-corrected chi connectivity index (χ2v) is 2.63. The van der Waals surface area contributed by atoms with Gasteiger partial charge in [-0.3, -0.25) is 0 Å². The van der Waals surface area contributed by atoms with Gasteiger partial charge in [0.15, 0.2) is 0 Å². The molecule has 2 heterocycles. The molecule has 0 bridgehead atoms. The summed E-state index contributed by atoms with van der Waals surface area (Å²) in [5.41, 5.74) is 0. The fourth-order valence-electron chi connectivity index (χ4n) is 0.755. The lowest BCUT2D eigenvalue weighted by molar-refractivity contribution is -0.178. The van der Waals surface area contributed by atoms with E-state index in [1.54, 1.807) is 0 Å². The number of epoxide rings is 1. The van der Waals surface area contributed by atoms with Crippen LogP contribution in [0, 0.1) is 0 Å². The van der Waals surface area contributed by atoms with E-state index >= 15 is 0 Å². The van der Waals surface area contributed by atoms with Gasteiger partial charge in [-0.25, -0.2) is 13.6 Å². The van der Waals surface area contributed by atoms with Gasteiger partial charge in [-0.05, 0) is 0 Å². The van der Waals surface area contributed by atoms with Gasteiger partial charge in [-0.2, -0.15) is 4.39 Å². The van der Waals surface area contributed by atoms with Crippen molar-refractivity contribution in [1.82, 2.24) is 0 Å². The molecule has 0 aromatic carbocycles. The molecule has 82 valence electrons. The number of carbonyl (C=O) groups excluding carboxylic acids is 1. The van der Waals surface area contributed by atoms with E-state index in [0.29, 0.717) is 0 Å². The molecule has 1 unspecified atom stereocenters. The van der Waals surface area contributed by atoms with Crippen molar-refractivity contribution in [3.8, 4) is 0 Å². The van der Waals surface area contributed by atoms with E-state index < -0.39 is 31.5 Å². The highest BCUT2D eigenvalue weighted by atomic mass is 19.2. The summed E-state index contributed by atoms with van der Waals surface area (Å²) >= 11 is 0. The van der Waals surface area contributed by atoms with E-state index in [0.717, 1.165) is 0 Å². The average Bonchev–Trinajstić information content (AvgIpc) is 2.74. The maximum Gasteiger partial charge on any atom is 0.384 e. The fraction of sp³-hybridized carbons (Fsp3) is 0.857. The summed E-state index contributed by atoms with van der Waals surface area (Å²) in [6, 6.07) is 0. The third-order valence-corrected chi connectivity index (χ3v) is 1.57. The molecule has 2 aliphatic heterocycles. The Morgan fingerprint density at radius 2 is 1.64 bits per heavy atom. The monoisotopic (exact) mass is 214 g/mol. The highest BCUT2D eigenvalue weighted by Gasteiger charge is 2.38. The SMILES string of the molecule is FCC1(CF)OCCO1.O=C1OC1F. The molecule has 0 N–H and O–H groups in total. The molecule has 7 heteroatoms. The molecular weight excluding hydrogens is 205 g/mol. The molecule has 0 amide bonds. The number of alkyl halides is 3. The number of carbonyl (C=O) groups is 1. The van der Waals surface area contributed by atoms with Crippen LogP contribution >= 0.6 is 0 Å². The second-order valence-electron chi connectivity index (χ2n) is 2.63. The van der Waals surface area contributed by atoms with Gasteiger partial charge in [0.1, 0.15) is 13.3 Å². The quantitative estimate of drug-likeness (QED) is 0.628. The van der Waals surface area contributed by atoms with E-state index in [2.05, 4.69) is 14.2 Å². The number of ether oxygens (including phenoxy) is 3. The van der Waals surface area contributed by atoms with Gasteiger partial charge in [0, 0.05) is 0 Å². The van der Waals surface area contributed by atoms with Crippen LogP contribution in [0.3, 0.4) is 0 Å². The predicted molar refractivity (Wildman–Crippen MR) is 37.6 cm³/mol. The van der Waals surface area contributed by atoms with Crippen molar-refractivity contribution in [2.45, 2.75) is 12.1 Å². The van der Waals surface area contributed by atoms with Crippen LogP contribution in [0.15, 0.2) is 0 Å². The van der Waals surface area contributed by atoms with Crippen molar-refractivity contribution in [3.05, 3.63) is 0 Å². The average molecular weight is 214 g/mol. The second kappa shape index (κ2) is 4.61. The Morgan fingerprint density at radius 3 is 1.79 bits per heavy atom. The van der Waals surface area contributed by atoms with Crippen LogP contribution in [-0.2, 0) is 19.0 Å². The van der Waals surface area contributed by atoms with Crippen LogP contribution in [0.5, 0.6) is 0 Å². The molecule has 2 rings (SSSR count). The number of cyclic esters (lactones) is 1. The van der Waals surface area contributed by atoms with Gasteiger partial charge in [0.2, 0.25) is 5.79 Å². The van der Waals surface area contributed by atoms with Crippen molar-refractivity contribution in [2.24, 2.45) is 0 Å². The molecular formula is C7H9F3O4. The van der Waals surface area contributed by atoms with Crippen molar-refractivity contribution in [2.75, 3.05) is 26.6 Å². The number of halogens is 3. The first-order chi connectivity index (χ1) is 6.63. The summed E-state index contributed by atoms with van der Waals surface area (Å²) in [6.07, 6.45) is -1.59. The summed E-state index contributed by atoms with van der Waals surface area (Å²) < 4.78 is 47.6. The molecule has 0 aromatic rings. The van der Waals surface area contributed by atoms with Gasteiger partial charge in [-0.1, -0.05) is 0 Å². The van der Waals surface area contributed by atoms with Crippen LogP contribution in [0.25, 0.3) is 0 Å². The summed E-state index contributed by atoms with van der Waals surface area (Å²) in [5.74, 6) is -2.30. The Hall–Kier alpha value is -0.820. The maximum absolute atomic E-state index is 11.9. The zero-order valence-corrected chi connectivity index (χ0v) is 7.17. The first-order valence-electron chi connectivity index (χ1n) is 3.88. The summed E-state index contributed by atoms with van der Waals surface area (Å²) in [4.78, 5) is 9.29. The summed E-state index contributed by atoms with van der Waals surface area (Å²) in [6.45, 7) is -1.26. The predicted octanol–water partition coefficient (Wildman–Crippen LogP) is 0.507. The largest absolute Gasteiger partial charge is 0.415 e. The first-order valence-corrected chi connectivity index (χ1v) is 3.88. The van der Waals surface area contributed by atoms with Gasteiger partial charge < -0.3 is 14.2 Å². The first kappa shape index (κ1) is 11.3. The summed E-state index contributed by atoms with van der Waals surface area (Å²) in [7, 11) is 0. The molecule has 0 spiro atoms. The van der Waals surface area contributed by atoms with Gasteiger partial charge in [0.05, 0.1) is 13.2 Å². The molecule has 1 atom stereocenters. The molecule has 2 saturated heterocycles. The van der Waals surface area contributed by atoms with Crippen molar-refractivity contribution in [1.29, 1.82) is 0 Å². The van der Waals surface area contributed by atoms with E-state index in [9.17, 15) is 18.0 Å². The van der Waals surface area contributed by atoms with E-state index in [1.807, 2.05) is 0 Å². The topological polar surface area (TPSA) is 48.1 Å². The molecule has 0 aliphatic carbocycles. The van der Waals surface area contributed by atoms with E-state index in [-0.39, 0.29) is 13.2 Å². The third-order valence-electron chi connectivity index (χ3n) is 1.57. The molecule has 2 aliphatic rings. The normalized spacial score (nSPS) is 27.6. The lowest BCUT2D eigenvalue weighted by Crippen LogP contribution is -2.35. The number of hydrogen-bond acceptors (Lipinski definition) is 4. The zero-order chi connectivity index (χ0) is 10.6. The van der Waals surface area contributed by atoms with Crippen molar-refractivity contribution in [3.63, 3.8) is 0 Å². The van der Waals surface area contributed by atoms with Gasteiger partial charge in [-0.15, -0.1) is 0 Å². The van der Waals surface area contributed by atoms with E-state index in [1.165, 1.54) is 0 Å². The minimum Gasteiger partial charge on any atom is -0.415 e.